The van der Waals surface area contributed by atoms with Gasteiger partial charge in [0.2, 0.25) is 0 Å². The number of hydrogen-bond donors (Lipinski definition) is 1. The molecule has 1 aliphatic heterocycles. The number of para-hydroxylation sites is 1. The number of carbonyl (C=O) groups is 1. The summed E-state index contributed by atoms with van der Waals surface area (Å²) < 4.78 is 30.4. The van der Waals surface area contributed by atoms with E-state index < -0.39 is 11.1 Å². The van der Waals surface area contributed by atoms with Crippen molar-refractivity contribution in [3.63, 3.8) is 0 Å². The molecule has 176 valence electrons. The lowest BCUT2D eigenvalue weighted by Crippen LogP contribution is -2.41. The highest BCUT2D eigenvalue weighted by Gasteiger charge is 2.29. The van der Waals surface area contributed by atoms with Gasteiger partial charge >= 0.3 is 0 Å². The molecule has 4 aromatic rings. The highest BCUT2D eigenvalue weighted by atomic mass is 32.2. The van der Waals surface area contributed by atoms with Crippen LogP contribution in [0.15, 0.2) is 53.4 Å². The molecule has 34 heavy (non-hydrogen) atoms. The van der Waals surface area contributed by atoms with Crippen LogP contribution in [-0.2, 0) is 28.8 Å². The Bertz CT molecular complexity index is 1340. The Hall–Kier alpha value is -2.92. The number of benzene rings is 2. The number of hydrogen-bond acceptors (Lipinski definition) is 6. The molecule has 1 fully saturated rings. The molecule has 2 aromatic carbocycles. The quantitative estimate of drug-likeness (QED) is 0.408. The SMILES string of the molecule is CCc1c(C(=O)N2CCOCC2)nn(Cc2nc3ccccc3s2)c1-c1ccccc1S(=O)O. The molecule has 5 rings (SSSR count). The zero-order chi connectivity index (χ0) is 23.7. The minimum atomic E-state index is -2.19. The van der Waals surface area contributed by atoms with Crippen molar-refractivity contribution in [1.82, 2.24) is 19.7 Å². The van der Waals surface area contributed by atoms with E-state index in [9.17, 15) is 13.6 Å². The predicted octanol–water partition coefficient (Wildman–Crippen LogP) is 3.82. The van der Waals surface area contributed by atoms with Crippen LogP contribution in [0.1, 0.15) is 28.0 Å². The number of nitrogens with zero attached hydrogens (tertiary/aromatic N) is 4. The van der Waals surface area contributed by atoms with Crippen LogP contribution in [-0.4, -0.2) is 60.6 Å². The third-order valence-corrected chi connectivity index (χ3v) is 7.61. The van der Waals surface area contributed by atoms with E-state index in [1.807, 2.05) is 37.3 Å². The summed E-state index contributed by atoms with van der Waals surface area (Å²) >= 11 is -0.618. The van der Waals surface area contributed by atoms with E-state index in [-0.39, 0.29) is 10.8 Å². The van der Waals surface area contributed by atoms with Gasteiger partial charge in [-0.3, -0.25) is 9.48 Å². The molecule has 8 nitrogen and oxygen atoms in total. The molecule has 1 saturated heterocycles. The van der Waals surface area contributed by atoms with Crippen LogP contribution in [0.5, 0.6) is 0 Å². The van der Waals surface area contributed by atoms with Crippen LogP contribution in [0.3, 0.4) is 0 Å². The van der Waals surface area contributed by atoms with Crippen molar-refractivity contribution in [2.24, 2.45) is 0 Å². The summed E-state index contributed by atoms with van der Waals surface area (Å²) in [5.74, 6) is -0.146. The molecule has 0 spiro atoms. The Morgan fingerprint density at radius 2 is 1.88 bits per heavy atom. The van der Waals surface area contributed by atoms with Gasteiger partial charge in [-0.1, -0.05) is 37.3 Å². The van der Waals surface area contributed by atoms with Crippen molar-refractivity contribution in [1.29, 1.82) is 0 Å². The molecule has 1 aliphatic rings. The summed E-state index contributed by atoms with van der Waals surface area (Å²) in [4.78, 5) is 20.2. The Morgan fingerprint density at radius 3 is 2.62 bits per heavy atom. The van der Waals surface area contributed by atoms with Gasteiger partial charge in [0, 0.05) is 24.2 Å². The first-order valence-electron chi connectivity index (χ1n) is 11.1. The largest absolute Gasteiger partial charge is 0.378 e. The van der Waals surface area contributed by atoms with Crippen molar-refractivity contribution < 1.29 is 18.3 Å². The molecule has 10 heteroatoms. The molecule has 0 aliphatic carbocycles. The van der Waals surface area contributed by atoms with E-state index in [4.69, 9.17) is 14.8 Å². The topological polar surface area (TPSA) is 97.6 Å². The minimum absolute atomic E-state index is 0.146. The van der Waals surface area contributed by atoms with Crippen molar-refractivity contribution in [2.45, 2.75) is 24.8 Å². The maximum atomic E-state index is 13.5. The van der Waals surface area contributed by atoms with E-state index in [0.29, 0.717) is 56.2 Å². The zero-order valence-corrected chi connectivity index (χ0v) is 20.3. The predicted molar refractivity (Wildman–Crippen MR) is 132 cm³/mol. The van der Waals surface area contributed by atoms with Crippen LogP contribution in [0.4, 0.5) is 0 Å². The van der Waals surface area contributed by atoms with Gasteiger partial charge in [0.05, 0.1) is 40.6 Å². The third kappa shape index (κ3) is 4.29. The van der Waals surface area contributed by atoms with Crippen molar-refractivity contribution in [3.8, 4) is 11.3 Å². The first-order valence-corrected chi connectivity index (χ1v) is 13.0. The fourth-order valence-electron chi connectivity index (χ4n) is 4.27. The molecule has 1 N–H and O–H groups in total. The number of amides is 1. The van der Waals surface area contributed by atoms with Crippen molar-refractivity contribution >= 4 is 38.5 Å². The van der Waals surface area contributed by atoms with Crippen LogP contribution < -0.4 is 0 Å². The lowest BCUT2D eigenvalue weighted by Gasteiger charge is -2.26. The highest BCUT2D eigenvalue weighted by molar-refractivity contribution is 7.79. The van der Waals surface area contributed by atoms with Gasteiger partial charge in [-0.2, -0.15) is 5.10 Å². The molecular formula is C24H24N4O4S2. The van der Waals surface area contributed by atoms with E-state index >= 15 is 0 Å². The van der Waals surface area contributed by atoms with Crippen molar-refractivity contribution in [3.05, 3.63) is 64.8 Å². The number of carbonyl (C=O) groups excluding carboxylic acids is 1. The average Bonchev–Trinajstić information content (AvgIpc) is 3.44. The Balaban J connectivity index is 1.66. The fraction of sp³-hybridized carbons (Fsp3) is 0.292. The summed E-state index contributed by atoms with van der Waals surface area (Å²) in [5.41, 5.74) is 3.31. The molecule has 0 bridgehead atoms. The average molecular weight is 497 g/mol. The van der Waals surface area contributed by atoms with E-state index in [0.717, 1.165) is 20.8 Å². The molecule has 1 amide bonds. The Morgan fingerprint density at radius 1 is 1.15 bits per heavy atom. The molecular weight excluding hydrogens is 472 g/mol. The monoisotopic (exact) mass is 496 g/mol. The molecule has 0 radical (unpaired) electrons. The Labute approximate surface area is 203 Å². The number of morpholine rings is 1. The summed E-state index contributed by atoms with van der Waals surface area (Å²) in [6.45, 7) is 4.35. The molecule has 1 unspecified atom stereocenters. The first kappa shape index (κ1) is 22.9. The molecule has 0 saturated carbocycles. The van der Waals surface area contributed by atoms with E-state index in [2.05, 4.69) is 0 Å². The van der Waals surface area contributed by atoms with E-state index in [1.54, 1.807) is 39.1 Å². The van der Waals surface area contributed by atoms with Crippen LogP contribution in [0.2, 0.25) is 0 Å². The number of rotatable bonds is 6. The number of aromatic nitrogens is 3. The lowest BCUT2D eigenvalue weighted by molar-refractivity contribution is 0.0298. The van der Waals surface area contributed by atoms with Crippen LogP contribution in [0, 0.1) is 0 Å². The second kappa shape index (κ2) is 9.75. The number of ether oxygens (including phenoxy) is 1. The van der Waals surface area contributed by atoms with Gasteiger partial charge < -0.3 is 14.2 Å². The summed E-state index contributed by atoms with van der Waals surface area (Å²) in [6, 6.07) is 14.9. The first-order chi connectivity index (χ1) is 16.6. The summed E-state index contributed by atoms with van der Waals surface area (Å²) in [5, 5.41) is 5.62. The van der Waals surface area contributed by atoms with Gasteiger partial charge in [0.1, 0.15) is 5.01 Å². The fourth-order valence-corrected chi connectivity index (χ4v) is 5.77. The van der Waals surface area contributed by atoms with Crippen molar-refractivity contribution in [2.75, 3.05) is 26.3 Å². The number of fused-ring (bicyclic) bond motifs is 1. The minimum Gasteiger partial charge on any atom is -0.378 e. The van der Waals surface area contributed by atoms with Gasteiger partial charge in [-0.15, -0.1) is 11.3 Å². The normalized spacial score (nSPS) is 15.1. The second-order valence-corrected chi connectivity index (χ2v) is 9.97. The van der Waals surface area contributed by atoms with E-state index in [1.165, 1.54) is 0 Å². The summed E-state index contributed by atoms with van der Waals surface area (Å²) in [7, 11) is 0. The van der Waals surface area contributed by atoms with Gasteiger partial charge in [-0.05, 0) is 24.6 Å². The maximum absolute atomic E-state index is 13.5. The van der Waals surface area contributed by atoms with Crippen LogP contribution in [0.25, 0.3) is 21.5 Å². The molecule has 3 heterocycles. The summed E-state index contributed by atoms with van der Waals surface area (Å²) in [6.07, 6.45) is 0.549. The van der Waals surface area contributed by atoms with Crippen LogP contribution >= 0.6 is 11.3 Å². The zero-order valence-electron chi connectivity index (χ0n) is 18.6. The smallest absolute Gasteiger partial charge is 0.274 e. The Kier molecular flexibility index (Phi) is 6.55. The maximum Gasteiger partial charge on any atom is 0.274 e. The lowest BCUT2D eigenvalue weighted by atomic mass is 10.0. The van der Waals surface area contributed by atoms with Gasteiger partial charge in [0.15, 0.2) is 16.8 Å². The molecule has 1 atom stereocenters. The van der Waals surface area contributed by atoms with Gasteiger partial charge in [0.25, 0.3) is 5.91 Å². The van der Waals surface area contributed by atoms with Gasteiger partial charge in [-0.25, -0.2) is 9.19 Å². The number of thiazole rings is 1. The highest BCUT2D eigenvalue weighted by Crippen LogP contribution is 2.33. The molecule has 2 aromatic heterocycles. The second-order valence-electron chi connectivity index (χ2n) is 7.91. The standard InChI is InChI=1S/C24H24N4O4S2/c1-2-16-22(24(29)27-11-13-32-14-12-27)26-28(15-21-25-18-8-4-5-9-19(18)33-21)23(16)17-7-3-6-10-20(17)34(30)31/h3-10H,2,11-15H2,1H3,(H,30,31). The third-order valence-electron chi connectivity index (χ3n) is 5.86.